The van der Waals surface area contributed by atoms with Crippen LogP contribution in [0.3, 0.4) is 0 Å². The monoisotopic (exact) mass is 335 g/mol. The summed E-state index contributed by atoms with van der Waals surface area (Å²) in [4.78, 5) is 0. The summed E-state index contributed by atoms with van der Waals surface area (Å²) in [7, 11) is 0. The Labute approximate surface area is 142 Å². The third kappa shape index (κ3) is 3.50. The van der Waals surface area contributed by atoms with Crippen molar-refractivity contribution >= 4 is 34.3 Å². The van der Waals surface area contributed by atoms with Gasteiger partial charge >= 0.3 is 0 Å². The van der Waals surface area contributed by atoms with Crippen LogP contribution in [0.4, 0.5) is 0 Å². The number of benzene rings is 3. The molecule has 0 fully saturated rings. The Morgan fingerprint density at radius 1 is 0.696 bits per heavy atom. The van der Waals surface area contributed by atoms with Crippen molar-refractivity contribution in [2.75, 3.05) is 0 Å². The van der Waals surface area contributed by atoms with E-state index in [4.69, 9.17) is 16.6 Å². The van der Waals surface area contributed by atoms with Gasteiger partial charge in [0.25, 0.3) is 0 Å². The molecule has 0 atom stereocenters. The molecule has 114 valence electrons. The molecule has 3 heteroatoms. The first kappa shape index (κ1) is 15.9. The van der Waals surface area contributed by atoms with E-state index in [2.05, 4.69) is 36.4 Å². The molecule has 0 N–H and O–H groups in total. The predicted molar refractivity (Wildman–Crippen MR) is 105 cm³/mol. The Balaban J connectivity index is 2.16. The summed E-state index contributed by atoms with van der Waals surface area (Å²) in [5.41, 5.74) is 2.11. The van der Waals surface area contributed by atoms with Crippen LogP contribution in [-0.4, -0.2) is 5.71 Å². The SMILES string of the molecule is C/C(=N/P(=S)(c1ccccc1)c1ccccc1)c1ccccc1. The van der Waals surface area contributed by atoms with Gasteiger partial charge in [-0.1, -0.05) is 103 Å². The molecule has 0 bridgehead atoms. The Morgan fingerprint density at radius 3 is 1.52 bits per heavy atom. The van der Waals surface area contributed by atoms with Crippen LogP contribution in [0.5, 0.6) is 0 Å². The van der Waals surface area contributed by atoms with E-state index < -0.39 is 6.19 Å². The van der Waals surface area contributed by atoms with Gasteiger partial charge in [0.2, 0.25) is 0 Å². The molecule has 1 nitrogen and oxygen atoms in total. The number of rotatable bonds is 4. The first-order valence-electron chi connectivity index (χ1n) is 7.54. The van der Waals surface area contributed by atoms with Gasteiger partial charge in [-0.3, -0.25) is 0 Å². The zero-order valence-electron chi connectivity index (χ0n) is 13.0. The van der Waals surface area contributed by atoms with Gasteiger partial charge < -0.3 is 0 Å². The molecular formula is C20H18NPS. The van der Waals surface area contributed by atoms with Gasteiger partial charge in [-0.25, -0.2) is 4.76 Å². The third-order valence-corrected chi connectivity index (χ3v) is 7.78. The van der Waals surface area contributed by atoms with Crippen LogP contribution in [0, 0.1) is 0 Å². The van der Waals surface area contributed by atoms with Crippen molar-refractivity contribution in [1.82, 2.24) is 0 Å². The summed E-state index contributed by atoms with van der Waals surface area (Å²) >= 11 is 6.13. The second-order valence-corrected chi connectivity index (χ2v) is 9.27. The van der Waals surface area contributed by atoms with E-state index in [0.717, 1.165) is 21.9 Å². The first-order valence-corrected chi connectivity index (χ1v) is 10.3. The van der Waals surface area contributed by atoms with Crippen molar-refractivity contribution < 1.29 is 0 Å². The summed E-state index contributed by atoms with van der Waals surface area (Å²) in [6.07, 6.45) is -2.22. The maximum atomic E-state index is 6.13. The number of hydrogen-bond acceptors (Lipinski definition) is 1. The highest BCUT2D eigenvalue weighted by Crippen LogP contribution is 2.45. The molecule has 0 saturated heterocycles. The van der Waals surface area contributed by atoms with E-state index in [1.807, 2.05) is 61.5 Å². The molecule has 23 heavy (non-hydrogen) atoms. The standard InChI is InChI=1S/C20H18NPS/c1-17(18-11-5-2-6-12-18)21-22(23,19-13-7-3-8-14-19)20-15-9-4-10-16-20/h2-16H,1H3/b21-17-. The predicted octanol–water partition coefficient (Wildman–Crippen LogP) is 4.54. The molecule has 3 aromatic carbocycles. The van der Waals surface area contributed by atoms with Crippen molar-refractivity contribution in [1.29, 1.82) is 0 Å². The fourth-order valence-electron chi connectivity index (χ4n) is 2.47. The molecule has 0 heterocycles. The average Bonchev–Trinajstić information content (AvgIpc) is 2.64. The van der Waals surface area contributed by atoms with E-state index in [-0.39, 0.29) is 0 Å². The maximum Gasteiger partial charge on any atom is 0.113 e. The van der Waals surface area contributed by atoms with E-state index in [1.54, 1.807) is 0 Å². The lowest BCUT2D eigenvalue weighted by molar-refractivity contribution is 1.59. The Kier molecular flexibility index (Phi) is 4.85. The number of hydrogen-bond donors (Lipinski definition) is 0. The van der Waals surface area contributed by atoms with Crippen molar-refractivity contribution in [3.05, 3.63) is 96.6 Å². The van der Waals surface area contributed by atoms with E-state index in [9.17, 15) is 0 Å². The van der Waals surface area contributed by atoms with Crippen LogP contribution in [0.1, 0.15) is 12.5 Å². The van der Waals surface area contributed by atoms with Crippen LogP contribution in [-0.2, 0) is 11.8 Å². The van der Waals surface area contributed by atoms with Gasteiger partial charge in [-0.2, -0.15) is 0 Å². The zero-order chi connectivity index (χ0) is 16.1. The van der Waals surface area contributed by atoms with Gasteiger partial charge in [-0.05, 0) is 12.5 Å². The van der Waals surface area contributed by atoms with Crippen molar-refractivity contribution in [2.45, 2.75) is 6.92 Å². The molecule has 0 aromatic heterocycles. The zero-order valence-corrected chi connectivity index (χ0v) is 14.7. The van der Waals surface area contributed by atoms with E-state index >= 15 is 0 Å². The highest BCUT2D eigenvalue weighted by atomic mass is 32.4. The molecule has 0 unspecified atom stereocenters. The lowest BCUT2D eigenvalue weighted by Crippen LogP contribution is -2.15. The smallest absolute Gasteiger partial charge is 0.113 e. The minimum atomic E-state index is -2.22. The minimum Gasteiger partial charge on any atom is -0.247 e. The normalized spacial score (nSPS) is 12.1. The second kappa shape index (κ2) is 7.04. The Bertz CT molecular complexity index is 799. The van der Waals surface area contributed by atoms with Crippen LogP contribution < -0.4 is 10.6 Å². The summed E-state index contributed by atoms with van der Waals surface area (Å²) < 4.78 is 5.06. The molecule has 0 amide bonds. The highest BCUT2D eigenvalue weighted by molar-refractivity contribution is 8.21. The van der Waals surface area contributed by atoms with Gasteiger partial charge in [0.1, 0.15) is 6.19 Å². The minimum absolute atomic E-state index is 0.988. The van der Waals surface area contributed by atoms with Crippen molar-refractivity contribution in [3.8, 4) is 0 Å². The third-order valence-electron chi connectivity index (χ3n) is 3.69. The number of nitrogens with zero attached hydrogens (tertiary/aromatic N) is 1. The highest BCUT2D eigenvalue weighted by Gasteiger charge is 2.21. The lowest BCUT2D eigenvalue weighted by Gasteiger charge is -2.20. The first-order chi connectivity index (χ1) is 11.2. The van der Waals surface area contributed by atoms with E-state index in [1.165, 1.54) is 0 Å². The van der Waals surface area contributed by atoms with Crippen molar-refractivity contribution in [2.24, 2.45) is 4.76 Å². The van der Waals surface area contributed by atoms with Gasteiger partial charge in [-0.15, -0.1) is 0 Å². The summed E-state index contributed by atoms with van der Waals surface area (Å²) in [6.45, 7) is 2.04. The van der Waals surface area contributed by atoms with Crippen LogP contribution in [0.15, 0.2) is 95.8 Å². The Morgan fingerprint density at radius 2 is 1.09 bits per heavy atom. The fourth-order valence-corrected chi connectivity index (χ4v) is 5.79. The molecule has 3 rings (SSSR count). The summed E-state index contributed by atoms with van der Waals surface area (Å²) in [5, 5.41) is 2.24. The summed E-state index contributed by atoms with van der Waals surface area (Å²) in [6, 6.07) is 30.8. The molecule has 0 aliphatic carbocycles. The molecule has 0 aliphatic rings. The second-order valence-electron chi connectivity index (χ2n) is 5.30. The topological polar surface area (TPSA) is 12.4 Å². The average molecular weight is 335 g/mol. The molecular weight excluding hydrogens is 317 g/mol. The van der Waals surface area contributed by atoms with Gasteiger partial charge in [0.05, 0.1) is 0 Å². The maximum absolute atomic E-state index is 6.13. The van der Waals surface area contributed by atoms with Gasteiger partial charge in [0, 0.05) is 16.3 Å². The quantitative estimate of drug-likeness (QED) is 0.504. The molecule has 3 aromatic rings. The fraction of sp³-hybridized carbons (Fsp3) is 0.0500. The van der Waals surface area contributed by atoms with Crippen LogP contribution >= 0.6 is 6.19 Å². The molecule has 0 aliphatic heterocycles. The van der Waals surface area contributed by atoms with Crippen molar-refractivity contribution in [3.63, 3.8) is 0 Å². The lowest BCUT2D eigenvalue weighted by atomic mass is 10.1. The Hall–Kier alpha value is -2.02. The van der Waals surface area contributed by atoms with Gasteiger partial charge in [0.15, 0.2) is 0 Å². The largest absolute Gasteiger partial charge is 0.247 e. The molecule has 0 radical (unpaired) electrons. The summed E-state index contributed by atoms with van der Waals surface area (Å²) in [5.74, 6) is 0. The van der Waals surface area contributed by atoms with E-state index in [0.29, 0.717) is 0 Å². The molecule has 0 spiro atoms. The van der Waals surface area contributed by atoms with Crippen LogP contribution in [0.2, 0.25) is 0 Å². The molecule has 0 saturated carbocycles. The van der Waals surface area contributed by atoms with Crippen LogP contribution in [0.25, 0.3) is 0 Å².